The highest BCUT2D eigenvalue weighted by Crippen LogP contribution is 2.62. The molecule has 59 heavy (non-hydrogen) atoms. The minimum Gasteiger partial charge on any atom is -0.456 e. The number of benzene rings is 9. The first-order valence-corrected chi connectivity index (χ1v) is 21.3. The summed E-state index contributed by atoms with van der Waals surface area (Å²) in [4.78, 5) is 8.16. The van der Waals surface area contributed by atoms with Gasteiger partial charge in [0.15, 0.2) is 12.8 Å². The lowest BCUT2D eigenvalue weighted by Gasteiger charge is -2.44. The zero-order valence-corrected chi connectivity index (χ0v) is 32.5. The van der Waals surface area contributed by atoms with E-state index in [2.05, 4.69) is 143 Å². The third kappa shape index (κ3) is 4.27. The number of furan rings is 2. The molecule has 276 valence electrons. The molecule has 1 atom stereocenters. The molecular weight excluding hydrogens is 746 g/mol. The normalized spacial score (nSPS) is 15.6. The van der Waals surface area contributed by atoms with Crippen molar-refractivity contribution in [3.8, 4) is 0 Å². The van der Waals surface area contributed by atoms with Crippen molar-refractivity contribution in [3.63, 3.8) is 0 Å². The molecule has 0 spiro atoms. The maximum absolute atomic E-state index is 17.3. The quantitative estimate of drug-likeness (QED) is 0.129. The Kier molecular flexibility index (Phi) is 6.34. The highest BCUT2D eigenvalue weighted by atomic mass is 31.2. The minimum atomic E-state index is -3.70. The van der Waals surface area contributed by atoms with Gasteiger partial charge in [0.2, 0.25) is 0 Å². The van der Waals surface area contributed by atoms with Gasteiger partial charge >= 0.3 is 0 Å². The monoisotopic (exact) mass is 775 g/mol. The van der Waals surface area contributed by atoms with Crippen LogP contribution in [0.25, 0.3) is 70.3 Å². The van der Waals surface area contributed by atoms with Gasteiger partial charge in [0.25, 0.3) is 0 Å². The van der Waals surface area contributed by atoms with E-state index in [1.165, 1.54) is 0 Å². The van der Waals surface area contributed by atoms with E-state index >= 15 is 4.57 Å². The van der Waals surface area contributed by atoms with Gasteiger partial charge in [0.1, 0.15) is 22.3 Å². The summed E-state index contributed by atoms with van der Waals surface area (Å²) >= 11 is 0. The van der Waals surface area contributed by atoms with Crippen LogP contribution in [-0.2, 0) is 4.57 Å². The lowest BCUT2D eigenvalue weighted by molar-refractivity contribution is 0.592. The summed E-state index contributed by atoms with van der Waals surface area (Å²) in [6.45, 7) is 9.79. The zero-order chi connectivity index (χ0) is 39.1. The lowest BCUT2D eigenvalue weighted by atomic mass is 10.0. The predicted molar refractivity (Wildman–Crippen MR) is 243 cm³/mol. The molecule has 0 bridgehead atoms. The number of aryl methyl sites for hydroxylation is 1. The molecule has 11 aromatic rings. The van der Waals surface area contributed by atoms with E-state index in [9.17, 15) is 0 Å². The van der Waals surface area contributed by atoms with Crippen LogP contribution in [-0.4, -0.2) is 0 Å². The third-order valence-electron chi connectivity index (χ3n) is 12.4. The number of rotatable bonds is 2. The first-order valence-electron chi connectivity index (χ1n) is 19.6. The van der Waals surface area contributed by atoms with Crippen LogP contribution < -0.4 is 25.7 Å². The van der Waals surface area contributed by atoms with E-state index in [4.69, 9.17) is 15.4 Å². The first kappa shape index (κ1) is 32.5. The molecule has 9 aromatic carbocycles. The van der Waals surface area contributed by atoms with Gasteiger partial charge < -0.3 is 23.2 Å². The number of nitrogens with zero attached hydrogens (tertiary/aromatic N) is 3. The molecule has 0 aliphatic carbocycles. The van der Waals surface area contributed by atoms with Gasteiger partial charge in [-0.25, -0.2) is 4.85 Å². The Labute approximate surface area is 337 Å². The van der Waals surface area contributed by atoms with E-state index < -0.39 is 7.14 Å². The van der Waals surface area contributed by atoms with Crippen molar-refractivity contribution in [1.82, 2.24) is 0 Å². The maximum atomic E-state index is 17.3. The van der Waals surface area contributed by atoms with Crippen molar-refractivity contribution >= 4 is 128 Å². The van der Waals surface area contributed by atoms with Crippen LogP contribution in [0.5, 0.6) is 0 Å². The van der Waals surface area contributed by atoms with E-state index in [1.54, 1.807) is 0 Å². The molecule has 6 nitrogen and oxygen atoms in total. The number of anilines is 6. The molecule has 2 aliphatic rings. The molecule has 1 unspecified atom stereocenters. The molecule has 0 saturated heterocycles. The van der Waals surface area contributed by atoms with Crippen molar-refractivity contribution in [2.45, 2.75) is 6.92 Å². The standard InChI is InChI=1S/C52H30N3O3P/c1-30-14-20-34(21-15-30)55-41-13-7-12-40-52(41)59(56,48-27-39-46(28-43(48)55)57-45-25-17-32-9-4-6-11-37(32)51(39)45)49-29-47-38(26-42(49)54(40)35-22-18-33(53-2)19-23-35)50-36-10-5-3-8-31(36)16-24-44(50)58-47/h3-29H,1H3. The summed E-state index contributed by atoms with van der Waals surface area (Å²) in [5, 5.41) is 10.5. The van der Waals surface area contributed by atoms with Gasteiger partial charge in [-0.15, -0.1) is 0 Å². The van der Waals surface area contributed by atoms with Crippen molar-refractivity contribution < 1.29 is 13.4 Å². The Hall–Kier alpha value is -7.58. The van der Waals surface area contributed by atoms with E-state index in [0.29, 0.717) is 16.6 Å². The van der Waals surface area contributed by atoms with Crippen molar-refractivity contribution in [1.29, 1.82) is 0 Å². The first-order chi connectivity index (χ1) is 29.0. The Balaban J connectivity index is 1.20. The molecule has 0 amide bonds. The van der Waals surface area contributed by atoms with Crippen LogP contribution in [0.3, 0.4) is 0 Å². The zero-order valence-electron chi connectivity index (χ0n) is 31.6. The van der Waals surface area contributed by atoms with Crippen LogP contribution in [0.4, 0.5) is 39.8 Å². The Morgan fingerprint density at radius 1 is 0.492 bits per heavy atom. The Morgan fingerprint density at radius 3 is 1.63 bits per heavy atom. The molecular formula is C52H30N3O3P. The topological polar surface area (TPSA) is 54.2 Å². The number of hydrogen-bond acceptors (Lipinski definition) is 5. The summed E-state index contributed by atoms with van der Waals surface area (Å²) in [6.07, 6.45) is 0. The van der Waals surface area contributed by atoms with Crippen LogP contribution in [0.1, 0.15) is 5.56 Å². The average Bonchev–Trinajstić information content (AvgIpc) is 3.84. The van der Waals surface area contributed by atoms with Crippen molar-refractivity contribution in [3.05, 3.63) is 181 Å². The summed E-state index contributed by atoms with van der Waals surface area (Å²) in [7, 11) is -3.70. The molecule has 2 aliphatic heterocycles. The minimum absolute atomic E-state index is 0.554. The highest BCUT2D eigenvalue weighted by molar-refractivity contribution is 7.86. The van der Waals surface area contributed by atoms with Crippen LogP contribution >= 0.6 is 7.14 Å². The van der Waals surface area contributed by atoms with Gasteiger partial charge in [-0.1, -0.05) is 96.6 Å². The smallest absolute Gasteiger partial charge is 0.187 e. The van der Waals surface area contributed by atoms with Gasteiger partial charge in [-0.2, -0.15) is 0 Å². The van der Waals surface area contributed by atoms with Crippen molar-refractivity contribution in [2.75, 3.05) is 9.80 Å². The van der Waals surface area contributed by atoms with E-state index in [1.807, 2.05) is 42.5 Å². The summed E-state index contributed by atoms with van der Waals surface area (Å²) in [6, 6.07) is 55.8. The maximum Gasteiger partial charge on any atom is 0.187 e. The van der Waals surface area contributed by atoms with Gasteiger partial charge in [0.05, 0.1) is 34.6 Å². The van der Waals surface area contributed by atoms with E-state index in [-0.39, 0.29) is 0 Å². The summed E-state index contributed by atoms with van der Waals surface area (Å²) in [5.41, 5.74) is 9.80. The van der Waals surface area contributed by atoms with Crippen molar-refractivity contribution in [2.24, 2.45) is 0 Å². The van der Waals surface area contributed by atoms with Gasteiger partial charge in [0, 0.05) is 49.6 Å². The van der Waals surface area contributed by atoms with Crippen LogP contribution in [0.15, 0.2) is 173 Å². The second-order valence-corrected chi connectivity index (χ2v) is 18.2. The highest BCUT2D eigenvalue weighted by Gasteiger charge is 2.49. The second kappa shape index (κ2) is 11.5. The second-order valence-electron chi connectivity index (χ2n) is 15.6. The fraction of sp³-hybridized carbons (Fsp3) is 0.0192. The van der Waals surface area contributed by atoms with Crippen LogP contribution in [0.2, 0.25) is 0 Å². The number of hydrogen-bond donors (Lipinski definition) is 0. The summed E-state index contributed by atoms with van der Waals surface area (Å²) < 4.78 is 30.7. The molecule has 7 heteroatoms. The molecule has 13 rings (SSSR count). The van der Waals surface area contributed by atoms with Gasteiger partial charge in [-0.05, 0) is 95.2 Å². The van der Waals surface area contributed by atoms with Crippen LogP contribution in [0, 0.1) is 13.5 Å². The molecule has 0 saturated carbocycles. The Bertz CT molecular complexity index is 3740. The average molecular weight is 776 g/mol. The summed E-state index contributed by atoms with van der Waals surface area (Å²) in [5.74, 6) is 0. The SMILES string of the molecule is [C-]#[N+]c1ccc(N2c3cc4c(cc3P3(=O)c5cc6c(cc5N(c5ccc(C)cc5)c5cccc2c53)oc2ccc3ccccc3c26)oc2ccc3ccccc3c24)cc1. The molecule has 2 aromatic heterocycles. The molecule has 0 radical (unpaired) electrons. The lowest BCUT2D eigenvalue weighted by Crippen LogP contribution is -2.42. The fourth-order valence-electron chi connectivity index (χ4n) is 9.76. The number of fused-ring (bicyclic) bond motifs is 14. The fourth-order valence-corrected chi connectivity index (χ4v) is 13.1. The van der Waals surface area contributed by atoms with E-state index in [0.717, 1.165) is 110 Å². The largest absolute Gasteiger partial charge is 0.456 e. The molecule has 0 N–H and O–H groups in total. The predicted octanol–water partition coefficient (Wildman–Crippen LogP) is 13.9. The van der Waals surface area contributed by atoms with Gasteiger partial charge in [-0.3, -0.25) is 0 Å². The molecule has 4 heterocycles. The molecule has 0 fully saturated rings. The third-order valence-corrected chi connectivity index (χ3v) is 15.6. The Morgan fingerprint density at radius 2 is 1.02 bits per heavy atom.